The molecule has 0 saturated heterocycles. The Morgan fingerprint density at radius 1 is 1.42 bits per heavy atom. The van der Waals surface area contributed by atoms with Crippen molar-refractivity contribution in [1.29, 1.82) is 0 Å². The van der Waals surface area contributed by atoms with E-state index in [9.17, 15) is 18.0 Å². The van der Waals surface area contributed by atoms with Gasteiger partial charge in [-0.3, -0.25) is 4.79 Å². The van der Waals surface area contributed by atoms with Crippen LogP contribution in [0, 0.1) is 11.8 Å². The molecule has 7 heteroatoms. The first-order valence-corrected chi connectivity index (χ1v) is 6.51. The van der Waals surface area contributed by atoms with Crippen LogP contribution in [0.4, 0.5) is 13.2 Å². The Bertz CT molecular complexity index is 308. The van der Waals surface area contributed by atoms with E-state index in [1.165, 1.54) is 6.92 Å². The van der Waals surface area contributed by atoms with Crippen molar-refractivity contribution in [2.75, 3.05) is 6.54 Å². The first-order valence-electron chi connectivity index (χ1n) is 6.51. The second-order valence-electron chi connectivity index (χ2n) is 5.19. The summed E-state index contributed by atoms with van der Waals surface area (Å²) in [4.78, 5) is 11.8. The van der Waals surface area contributed by atoms with Crippen LogP contribution in [0.5, 0.6) is 0 Å². The van der Waals surface area contributed by atoms with Gasteiger partial charge < -0.3 is 16.2 Å². The van der Waals surface area contributed by atoms with Gasteiger partial charge in [0.2, 0.25) is 5.91 Å². The fraction of sp³-hybridized carbons (Fsp3) is 0.917. The molecule has 0 aromatic heterocycles. The number of carbonyl (C=O) groups is 1. The molecule has 1 fully saturated rings. The average molecular weight is 282 g/mol. The molecule has 19 heavy (non-hydrogen) atoms. The molecule has 4 N–H and O–H groups in total. The molecule has 0 bridgehead atoms. The van der Waals surface area contributed by atoms with Gasteiger partial charge in [0.25, 0.3) is 0 Å². The maximum atomic E-state index is 12.8. The quantitative estimate of drug-likeness (QED) is 0.725. The summed E-state index contributed by atoms with van der Waals surface area (Å²) in [6.45, 7) is 1.45. The molecule has 0 spiro atoms. The summed E-state index contributed by atoms with van der Waals surface area (Å²) >= 11 is 0. The highest BCUT2D eigenvalue weighted by Gasteiger charge is 2.47. The van der Waals surface area contributed by atoms with Gasteiger partial charge >= 0.3 is 6.18 Å². The fourth-order valence-electron chi connectivity index (χ4n) is 2.36. The Hall–Kier alpha value is -0.820. The first-order chi connectivity index (χ1) is 8.73. The number of amides is 1. The van der Waals surface area contributed by atoms with E-state index in [2.05, 4.69) is 5.32 Å². The topological polar surface area (TPSA) is 75.3 Å². The van der Waals surface area contributed by atoms with Crippen molar-refractivity contribution in [2.24, 2.45) is 17.6 Å². The summed E-state index contributed by atoms with van der Waals surface area (Å²) in [5, 5.41) is 11.6. The van der Waals surface area contributed by atoms with Gasteiger partial charge in [-0.2, -0.15) is 13.2 Å². The summed E-state index contributed by atoms with van der Waals surface area (Å²) in [5.41, 5.74) is 5.53. The molecular formula is C12H21F3N2O2. The molecule has 0 aromatic carbocycles. The highest BCUT2D eigenvalue weighted by atomic mass is 19.4. The predicted octanol–water partition coefficient (Wildman–Crippen LogP) is 1.18. The van der Waals surface area contributed by atoms with Gasteiger partial charge in [-0.05, 0) is 19.8 Å². The van der Waals surface area contributed by atoms with Crippen LogP contribution in [0.25, 0.3) is 0 Å². The molecule has 0 aliphatic heterocycles. The number of nitrogens with two attached hydrogens (primary N) is 1. The lowest BCUT2D eigenvalue weighted by Gasteiger charge is -2.32. The monoisotopic (exact) mass is 282 g/mol. The summed E-state index contributed by atoms with van der Waals surface area (Å²) in [6.07, 6.45) is -3.77. The second kappa shape index (κ2) is 6.56. The molecule has 1 aliphatic rings. The van der Waals surface area contributed by atoms with E-state index in [0.29, 0.717) is 12.8 Å². The number of aliphatic hydroxyl groups excluding tert-OH is 1. The molecule has 0 heterocycles. The lowest BCUT2D eigenvalue weighted by Crippen LogP contribution is -2.48. The number of alkyl halides is 3. The summed E-state index contributed by atoms with van der Waals surface area (Å²) in [6, 6.07) is -0.670. The Labute approximate surface area is 110 Å². The smallest absolute Gasteiger partial charge is 0.392 e. The van der Waals surface area contributed by atoms with Crippen LogP contribution >= 0.6 is 0 Å². The standard InChI is InChI=1S/C12H21F3N2O2/c1-7(18)10(16)6-17-11(19)8-4-2-3-5-9(8)12(13,14)15/h7-10,18H,2-6,16H2,1H3,(H,17,19). The van der Waals surface area contributed by atoms with E-state index in [1.807, 2.05) is 0 Å². The molecule has 1 aliphatic carbocycles. The maximum absolute atomic E-state index is 12.8. The zero-order chi connectivity index (χ0) is 14.6. The average Bonchev–Trinajstić information content (AvgIpc) is 2.34. The minimum Gasteiger partial charge on any atom is -0.392 e. The van der Waals surface area contributed by atoms with Crippen molar-refractivity contribution >= 4 is 5.91 Å². The highest BCUT2D eigenvalue weighted by Crippen LogP contribution is 2.41. The lowest BCUT2D eigenvalue weighted by atomic mass is 9.78. The normalized spacial score (nSPS) is 27.7. The Morgan fingerprint density at radius 2 is 2.00 bits per heavy atom. The van der Waals surface area contributed by atoms with Crippen LogP contribution in [0.1, 0.15) is 32.6 Å². The zero-order valence-corrected chi connectivity index (χ0v) is 10.9. The highest BCUT2D eigenvalue weighted by molar-refractivity contribution is 5.79. The van der Waals surface area contributed by atoms with E-state index in [-0.39, 0.29) is 19.4 Å². The fourth-order valence-corrected chi connectivity index (χ4v) is 2.36. The number of carbonyl (C=O) groups excluding carboxylic acids is 1. The first kappa shape index (κ1) is 16.2. The molecule has 1 saturated carbocycles. The molecule has 4 nitrogen and oxygen atoms in total. The van der Waals surface area contributed by atoms with Crippen molar-refractivity contribution in [3.8, 4) is 0 Å². The van der Waals surface area contributed by atoms with E-state index in [1.54, 1.807) is 0 Å². The minimum atomic E-state index is -4.34. The van der Waals surface area contributed by atoms with Gasteiger partial charge in [0, 0.05) is 18.5 Å². The van der Waals surface area contributed by atoms with Gasteiger partial charge in [0.05, 0.1) is 12.0 Å². The van der Waals surface area contributed by atoms with E-state index in [4.69, 9.17) is 10.8 Å². The van der Waals surface area contributed by atoms with Crippen LogP contribution in [0.15, 0.2) is 0 Å². The van der Waals surface area contributed by atoms with E-state index >= 15 is 0 Å². The van der Waals surface area contributed by atoms with Crippen molar-refractivity contribution in [2.45, 2.75) is 50.9 Å². The largest absolute Gasteiger partial charge is 0.392 e. The van der Waals surface area contributed by atoms with Crippen LogP contribution in [-0.2, 0) is 4.79 Å². The number of rotatable bonds is 4. The SMILES string of the molecule is CC(O)C(N)CNC(=O)C1CCCCC1C(F)(F)F. The number of aliphatic hydroxyl groups is 1. The minimum absolute atomic E-state index is 0.00401. The Kier molecular flexibility index (Phi) is 5.61. The van der Waals surface area contributed by atoms with Crippen molar-refractivity contribution in [1.82, 2.24) is 5.32 Å². The molecule has 1 rings (SSSR count). The molecule has 4 atom stereocenters. The summed E-state index contributed by atoms with van der Waals surface area (Å²) < 4.78 is 38.5. The van der Waals surface area contributed by atoms with Gasteiger partial charge in [-0.1, -0.05) is 12.8 Å². The van der Waals surface area contributed by atoms with Gasteiger partial charge in [0.15, 0.2) is 0 Å². The molecule has 0 radical (unpaired) electrons. The number of halogens is 3. The van der Waals surface area contributed by atoms with Gasteiger partial charge in [-0.25, -0.2) is 0 Å². The van der Waals surface area contributed by atoms with Crippen molar-refractivity contribution in [3.05, 3.63) is 0 Å². The lowest BCUT2D eigenvalue weighted by molar-refractivity contribution is -0.198. The van der Waals surface area contributed by atoms with E-state index < -0.39 is 36.1 Å². The molecule has 0 aromatic rings. The summed E-state index contributed by atoms with van der Waals surface area (Å²) in [7, 11) is 0. The molecule has 1 amide bonds. The van der Waals surface area contributed by atoms with Crippen molar-refractivity contribution < 1.29 is 23.1 Å². The third-order valence-corrected chi connectivity index (χ3v) is 3.65. The summed E-state index contributed by atoms with van der Waals surface area (Å²) in [5.74, 6) is -3.21. The molecular weight excluding hydrogens is 261 g/mol. The predicted molar refractivity (Wildman–Crippen MR) is 64.2 cm³/mol. The third-order valence-electron chi connectivity index (χ3n) is 3.65. The van der Waals surface area contributed by atoms with Crippen LogP contribution < -0.4 is 11.1 Å². The Morgan fingerprint density at radius 3 is 2.53 bits per heavy atom. The number of nitrogens with one attached hydrogen (secondary N) is 1. The Balaban J connectivity index is 2.58. The zero-order valence-electron chi connectivity index (χ0n) is 10.9. The van der Waals surface area contributed by atoms with Gasteiger partial charge in [0.1, 0.15) is 0 Å². The van der Waals surface area contributed by atoms with E-state index in [0.717, 1.165) is 0 Å². The second-order valence-corrected chi connectivity index (χ2v) is 5.19. The van der Waals surface area contributed by atoms with Crippen molar-refractivity contribution in [3.63, 3.8) is 0 Å². The maximum Gasteiger partial charge on any atom is 0.392 e. The molecule has 4 unspecified atom stereocenters. The molecule has 112 valence electrons. The number of hydrogen-bond donors (Lipinski definition) is 3. The van der Waals surface area contributed by atoms with Gasteiger partial charge in [-0.15, -0.1) is 0 Å². The number of hydrogen-bond acceptors (Lipinski definition) is 3. The van der Waals surface area contributed by atoms with Crippen LogP contribution in [0.2, 0.25) is 0 Å². The van der Waals surface area contributed by atoms with Crippen LogP contribution in [0.3, 0.4) is 0 Å². The third kappa shape index (κ3) is 4.65. The van der Waals surface area contributed by atoms with Crippen LogP contribution in [-0.4, -0.2) is 35.9 Å².